The van der Waals surface area contributed by atoms with Gasteiger partial charge in [0.25, 0.3) is 0 Å². The number of benzene rings is 3. The van der Waals surface area contributed by atoms with Crippen LogP contribution in [0.25, 0.3) is 10.9 Å². The Balaban J connectivity index is 1.44. The summed E-state index contributed by atoms with van der Waals surface area (Å²) in [5, 5.41) is 0.702. The van der Waals surface area contributed by atoms with Crippen LogP contribution in [0.2, 0.25) is 0 Å². The molecule has 0 saturated heterocycles. The smallest absolute Gasteiger partial charge is 0.162 e. The van der Waals surface area contributed by atoms with Crippen LogP contribution in [-0.4, -0.2) is 29.9 Å². The molecule has 0 radical (unpaired) electrons. The molecular weight excluding hydrogens is 477 g/mol. The Morgan fingerprint density at radius 1 is 0.917 bits per heavy atom. The molecule has 184 valence electrons. The van der Waals surface area contributed by atoms with Crippen LogP contribution in [0.15, 0.2) is 66.9 Å². The minimum atomic E-state index is -0.446. The molecule has 0 atom stereocenters. The molecule has 0 fully saturated rings. The number of pyridine rings is 1. The number of hydrogen-bond acceptors (Lipinski definition) is 6. The van der Waals surface area contributed by atoms with Crippen LogP contribution in [0.4, 0.5) is 4.39 Å². The van der Waals surface area contributed by atoms with Gasteiger partial charge >= 0.3 is 0 Å². The lowest BCUT2D eigenvalue weighted by Gasteiger charge is -2.13. The number of Topliss-reactive ketones (excluding diaryl/α,β-unsaturated/α-hetero) is 1. The largest absolute Gasteiger partial charge is 0.493 e. The van der Waals surface area contributed by atoms with Crippen LogP contribution in [0.3, 0.4) is 0 Å². The van der Waals surface area contributed by atoms with Crippen LogP contribution in [0.1, 0.15) is 23.1 Å². The van der Waals surface area contributed by atoms with Crippen molar-refractivity contribution in [3.63, 3.8) is 0 Å². The monoisotopic (exact) mass is 503 g/mol. The van der Waals surface area contributed by atoms with E-state index in [2.05, 4.69) is 4.98 Å². The number of nitrogens with zero attached hydrogens (tertiary/aromatic N) is 1. The zero-order valence-electron chi connectivity index (χ0n) is 20.3. The maximum atomic E-state index is 14.9. The van der Waals surface area contributed by atoms with Gasteiger partial charge in [0.05, 0.1) is 19.7 Å². The lowest BCUT2D eigenvalue weighted by Crippen LogP contribution is -2.11. The number of aromatic nitrogens is 1. The van der Waals surface area contributed by atoms with Crippen LogP contribution < -0.4 is 14.2 Å². The number of thiocarbonyl (C=S) groups is 1. The molecule has 0 unspecified atom stereocenters. The molecule has 0 amide bonds. The Labute approximate surface area is 214 Å². The van der Waals surface area contributed by atoms with Gasteiger partial charge in [-0.1, -0.05) is 48.1 Å². The molecular formula is C29H26FNO4S. The summed E-state index contributed by atoms with van der Waals surface area (Å²) in [4.78, 5) is 17.3. The summed E-state index contributed by atoms with van der Waals surface area (Å²) in [6.07, 6.45) is 2.26. The van der Waals surface area contributed by atoms with E-state index in [1.807, 2.05) is 31.2 Å². The molecule has 4 rings (SSSR count). The molecule has 0 bridgehead atoms. The first-order valence-corrected chi connectivity index (χ1v) is 11.8. The van der Waals surface area contributed by atoms with E-state index < -0.39 is 5.82 Å². The Morgan fingerprint density at radius 3 is 2.33 bits per heavy atom. The van der Waals surface area contributed by atoms with Crippen molar-refractivity contribution in [3.05, 3.63) is 89.4 Å². The number of methoxy groups -OCH3 is 2. The van der Waals surface area contributed by atoms with Crippen molar-refractivity contribution in [2.75, 3.05) is 14.2 Å². The average Bonchev–Trinajstić information content (AvgIpc) is 2.86. The number of aryl methyl sites for hydroxylation is 1. The second kappa shape index (κ2) is 11.3. The second-order valence-corrected chi connectivity index (χ2v) is 9.06. The van der Waals surface area contributed by atoms with E-state index in [1.165, 1.54) is 6.07 Å². The van der Waals surface area contributed by atoms with Crippen LogP contribution in [0, 0.1) is 12.7 Å². The highest BCUT2D eigenvalue weighted by Gasteiger charge is 2.14. The third kappa shape index (κ3) is 6.04. The number of hydrogen-bond donors (Lipinski definition) is 0. The average molecular weight is 504 g/mol. The van der Waals surface area contributed by atoms with Gasteiger partial charge in [0.15, 0.2) is 11.5 Å². The van der Waals surface area contributed by atoms with Gasteiger partial charge in [0, 0.05) is 47.8 Å². The maximum absolute atomic E-state index is 14.9. The Kier molecular flexibility index (Phi) is 7.90. The third-order valence-electron chi connectivity index (χ3n) is 5.76. The molecule has 0 saturated carbocycles. The van der Waals surface area contributed by atoms with Gasteiger partial charge in [-0.2, -0.15) is 0 Å². The fraction of sp³-hybridized carbons (Fsp3) is 0.207. The summed E-state index contributed by atoms with van der Waals surface area (Å²) in [6, 6.07) is 17.7. The maximum Gasteiger partial charge on any atom is 0.162 e. The van der Waals surface area contributed by atoms with Crippen molar-refractivity contribution < 1.29 is 23.4 Å². The molecule has 3 aromatic carbocycles. The highest BCUT2D eigenvalue weighted by molar-refractivity contribution is 7.80. The standard InChI is InChI=1S/C29H26FNO4S/c1-18-4-6-19(7-5-18)12-21(32)14-23(36)13-20-8-9-22(15-25(20)30)35-27-10-11-31-26-17-29(34-3)28(33-2)16-24(26)27/h4-11,15-17H,12-14H2,1-3H3. The summed E-state index contributed by atoms with van der Waals surface area (Å²) in [5.74, 6) is 1.50. The molecule has 0 aliphatic heterocycles. The molecule has 5 nitrogen and oxygen atoms in total. The van der Waals surface area contributed by atoms with E-state index in [0.29, 0.717) is 50.7 Å². The topological polar surface area (TPSA) is 57.7 Å². The van der Waals surface area contributed by atoms with E-state index in [9.17, 15) is 9.18 Å². The summed E-state index contributed by atoms with van der Waals surface area (Å²) in [5.41, 5.74) is 3.16. The lowest BCUT2D eigenvalue weighted by atomic mass is 10.0. The number of carbonyl (C=O) groups excluding carboxylic acids is 1. The number of halogens is 1. The predicted molar refractivity (Wildman–Crippen MR) is 142 cm³/mol. The van der Waals surface area contributed by atoms with Gasteiger partial charge in [0.2, 0.25) is 0 Å². The zero-order valence-corrected chi connectivity index (χ0v) is 21.2. The van der Waals surface area contributed by atoms with Crippen molar-refractivity contribution in [1.82, 2.24) is 4.98 Å². The Bertz CT molecular complexity index is 1420. The molecule has 0 spiro atoms. The van der Waals surface area contributed by atoms with Gasteiger partial charge in [-0.15, -0.1) is 0 Å². The normalized spacial score (nSPS) is 10.8. The molecule has 1 heterocycles. The number of ketones is 1. The SMILES string of the molecule is COc1cc2nccc(Oc3ccc(CC(=S)CC(=O)Cc4ccc(C)cc4)c(F)c3)c2cc1OC. The third-order valence-corrected chi connectivity index (χ3v) is 6.05. The summed E-state index contributed by atoms with van der Waals surface area (Å²) in [6.45, 7) is 2.00. The molecule has 1 aromatic heterocycles. The lowest BCUT2D eigenvalue weighted by molar-refractivity contribution is -0.117. The fourth-order valence-corrected chi connectivity index (χ4v) is 4.21. The van der Waals surface area contributed by atoms with E-state index in [0.717, 1.165) is 11.1 Å². The number of ether oxygens (including phenoxy) is 3. The minimum Gasteiger partial charge on any atom is -0.493 e. The van der Waals surface area contributed by atoms with Crippen LogP contribution in [0.5, 0.6) is 23.0 Å². The van der Waals surface area contributed by atoms with Gasteiger partial charge in [-0.05, 0) is 36.2 Å². The van der Waals surface area contributed by atoms with Crippen molar-refractivity contribution in [1.29, 1.82) is 0 Å². The van der Waals surface area contributed by atoms with Crippen LogP contribution >= 0.6 is 12.2 Å². The fourth-order valence-electron chi connectivity index (χ4n) is 3.89. The van der Waals surface area contributed by atoms with E-state index in [1.54, 1.807) is 50.7 Å². The van der Waals surface area contributed by atoms with Crippen molar-refractivity contribution in [2.45, 2.75) is 26.2 Å². The van der Waals surface area contributed by atoms with Crippen molar-refractivity contribution in [3.8, 4) is 23.0 Å². The minimum absolute atomic E-state index is 0.0147. The first-order valence-electron chi connectivity index (χ1n) is 11.4. The summed E-state index contributed by atoms with van der Waals surface area (Å²) < 4.78 is 31.6. The number of fused-ring (bicyclic) bond motifs is 1. The van der Waals surface area contributed by atoms with E-state index >= 15 is 0 Å². The summed E-state index contributed by atoms with van der Waals surface area (Å²) >= 11 is 5.40. The highest BCUT2D eigenvalue weighted by atomic mass is 32.1. The van der Waals surface area contributed by atoms with Gasteiger partial charge in [0.1, 0.15) is 23.1 Å². The van der Waals surface area contributed by atoms with Gasteiger partial charge < -0.3 is 14.2 Å². The quantitative estimate of drug-likeness (QED) is 0.227. The molecule has 36 heavy (non-hydrogen) atoms. The first kappa shape index (κ1) is 25.3. The highest BCUT2D eigenvalue weighted by Crippen LogP contribution is 2.37. The first-order chi connectivity index (χ1) is 17.4. The second-order valence-electron chi connectivity index (χ2n) is 8.48. The summed E-state index contributed by atoms with van der Waals surface area (Å²) in [7, 11) is 3.11. The van der Waals surface area contributed by atoms with Crippen molar-refractivity contribution in [2.24, 2.45) is 0 Å². The molecule has 0 N–H and O–H groups in total. The van der Waals surface area contributed by atoms with Crippen LogP contribution in [-0.2, 0) is 17.6 Å². The van der Waals surface area contributed by atoms with E-state index in [4.69, 9.17) is 26.4 Å². The number of rotatable bonds is 10. The van der Waals surface area contributed by atoms with Gasteiger partial charge in [-0.25, -0.2) is 4.39 Å². The molecule has 7 heteroatoms. The Morgan fingerprint density at radius 2 is 1.64 bits per heavy atom. The number of carbonyl (C=O) groups is 1. The molecule has 0 aliphatic carbocycles. The zero-order chi connectivity index (χ0) is 25.7. The van der Waals surface area contributed by atoms with Crippen molar-refractivity contribution >= 4 is 33.8 Å². The Hall–Kier alpha value is -3.84. The predicted octanol–water partition coefficient (Wildman–Crippen LogP) is 6.61. The van der Waals surface area contributed by atoms with E-state index in [-0.39, 0.29) is 18.6 Å². The van der Waals surface area contributed by atoms with Gasteiger partial charge in [-0.3, -0.25) is 9.78 Å². The molecule has 0 aliphatic rings. The molecule has 4 aromatic rings.